The molecule has 0 N–H and O–H groups in total. The molecule has 1 aromatic heterocycles. The first-order valence-electron chi connectivity index (χ1n) is 9.80. The topological polar surface area (TPSA) is 39.7 Å². The average Bonchev–Trinajstić information content (AvgIpc) is 3.31. The molecule has 4 rings (SSSR count). The Morgan fingerprint density at radius 3 is 2.70 bits per heavy atom. The monoisotopic (exact) mass is 364 g/mol. The molecule has 0 saturated carbocycles. The second kappa shape index (κ2) is 7.79. The van der Waals surface area contributed by atoms with Crippen molar-refractivity contribution in [3.8, 4) is 0 Å². The summed E-state index contributed by atoms with van der Waals surface area (Å²) in [5.74, 6) is 0.155. The van der Waals surface area contributed by atoms with Crippen LogP contribution in [0, 0.1) is 0 Å². The van der Waals surface area contributed by atoms with Gasteiger partial charge in [-0.05, 0) is 61.3 Å². The molecule has 0 bridgehead atoms. The van der Waals surface area contributed by atoms with Gasteiger partial charge in [-0.3, -0.25) is 19.6 Å². The number of amides is 1. The largest absolute Gasteiger partial charge is 0.340 e. The fraction of sp³-hybridized carbons (Fsp3) is 0.455. The van der Waals surface area contributed by atoms with E-state index < -0.39 is 0 Å². The number of aromatic nitrogens is 1. The standard InChI is InChI=1S/C22H28N4O/c1-24-15-19-8-7-17(12-20(19)16-24)14-25(2)22(27)21(26-10-3-4-11-26)18-6-5-9-23-13-18/h5-9,12-13,21H,3-4,10-11,14-16H2,1-2H3. The number of nitrogens with zero attached hydrogens (tertiary/aromatic N) is 4. The first-order chi connectivity index (χ1) is 13.1. The van der Waals surface area contributed by atoms with E-state index in [2.05, 4.69) is 40.0 Å². The fourth-order valence-electron chi connectivity index (χ4n) is 4.32. The van der Waals surface area contributed by atoms with Crippen molar-refractivity contribution >= 4 is 5.91 Å². The molecular weight excluding hydrogens is 336 g/mol. The SMILES string of the molecule is CN1Cc2ccc(CN(C)C(=O)C(c3cccnc3)N3CCCC3)cc2C1. The van der Waals surface area contributed by atoms with E-state index in [1.165, 1.54) is 16.7 Å². The van der Waals surface area contributed by atoms with Crippen LogP contribution in [-0.4, -0.2) is 52.8 Å². The minimum Gasteiger partial charge on any atom is -0.340 e. The maximum absolute atomic E-state index is 13.4. The molecule has 142 valence electrons. The van der Waals surface area contributed by atoms with Crippen LogP contribution in [-0.2, 0) is 24.4 Å². The lowest BCUT2D eigenvalue weighted by Gasteiger charge is -2.30. The van der Waals surface area contributed by atoms with Crippen LogP contribution in [0.25, 0.3) is 0 Å². The lowest BCUT2D eigenvalue weighted by atomic mass is 10.0. The number of hydrogen-bond donors (Lipinski definition) is 0. The molecule has 5 heteroatoms. The highest BCUT2D eigenvalue weighted by Crippen LogP contribution is 2.28. The molecular formula is C22H28N4O. The first kappa shape index (κ1) is 18.1. The Morgan fingerprint density at radius 1 is 1.19 bits per heavy atom. The van der Waals surface area contributed by atoms with Gasteiger partial charge in [-0.15, -0.1) is 0 Å². The number of carbonyl (C=O) groups is 1. The summed E-state index contributed by atoms with van der Waals surface area (Å²) in [5, 5.41) is 0. The number of likely N-dealkylation sites (tertiary alicyclic amines) is 1. The highest BCUT2D eigenvalue weighted by atomic mass is 16.2. The first-order valence-corrected chi connectivity index (χ1v) is 9.80. The third-order valence-electron chi connectivity index (χ3n) is 5.69. The Kier molecular flexibility index (Phi) is 5.23. The van der Waals surface area contributed by atoms with E-state index >= 15 is 0 Å². The number of fused-ring (bicyclic) bond motifs is 1. The predicted octanol–water partition coefficient (Wildman–Crippen LogP) is 2.82. The van der Waals surface area contributed by atoms with Crippen molar-refractivity contribution in [3.63, 3.8) is 0 Å². The molecule has 1 unspecified atom stereocenters. The molecule has 1 aromatic carbocycles. The van der Waals surface area contributed by atoms with Crippen LogP contribution in [0.2, 0.25) is 0 Å². The van der Waals surface area contributed by atoms with E-state index in [0.29, 0.717) is 6.54 Å². The zero-order valence-electron chi connectivity index (χ0n) is 16.3. The summed E-state index contributed by atoms with van der Waals surface area (Å²) in [6, 6.07) is 10.3. The second-order valence-corrected chi connectivity index (χ2v) is 7.90. The van der Waals surface area contributed by atoms with Crippen LogP contribution in [0.15, 0.2) is 42.7 Å². The van der Waals surface area contributed by atoms with Gasteiger partial charge in [0.15, 0.2) is 0 Å². The number of pyridine rings is 1. The zero-order valence-corrected chi connectivity index (χ0v) is 16.3. The molecule has 2 aromatic rings. The normalized spacial score (nSPS) is 18.4. The smallest absolute Gasteiger partial charge is 0.244 e. The average molecular weight is 364 g/mol. The molecule has 1 amide bonds. The lowest BCUT2D eigenvalue weighted by Crippen LogP contribution is -2.40. The van der Waals surface area contributed by atoms with Gasteiger partial charge in [-0.2, -0.15) is 0 Å². The molecule has 0 aliphatic carbocycles. The Labute approximate surface area is 161 Å². The van der Waals surface area contributed by atoms with Crippen molar-refractivity contribution in [2.24, 2.45) is 0 Å². The van der Waals surface area contributed by atoms with Gasteiger partial charge in [0.2, 0.25) is 5.91 Å². The minimum absolute atomic E-state index is 0.155. The minimum atomic E-state index is -0.230. The number of carbonyl (C=O) groups excluding carboxylic acids is 1. The van der Waals surface area contributed by atoms with Crippen LogP contribution < -0.4 is 0 Å². The van der Waals surface area contributed by atoms with Crippen molar-refractivity contribution in [2.75, 3.05) is 27.2 Å². The fourth-order valence-corrected chi connectivity index (χ4v) is 4.32. The molecule has 2 aliphatic heterocycles. The van der Waals surface area contributed by atoms with Gasteiger partial charge in [0, 0.05) is 39.1 Å². The highest BCUT2D eigenvalue weighted by molar-refractivity contribution is 5.83. The molecule has 1 fully saturated rings. The van der Waals surface area contributed by atoms with Crippen molar-refractivity contribution in [1.29, 1.82) is 0 Å². The van der Waals surface area contributed by atoms with Crippen LogP contribution >= 0.6 is 0 Å². The highest BCUT2D eigenvalue weighted by Gasteiger charge is 2.32. The molecule has 0 radical (unpaired) electrons. The maximum atomic E-state index is 13.4. The van der Waals surface area contributed by atoms with Crippen LogP contribution in [0.3, 0.4) is 0 Å². The van der Waals surface area contributed by atoms with Crippen molar-refractivity contribution in [3.05, 3.63) is 65.0 Å². The third kappa shape index (κ3) is 3.89. The number of benzene rings is 1. The third-order valence-corrected chi connectivity index (χ3v) is 5.69. The van der Waals surface area contributed by atoms with E-state index in [4.69, 9.17) is 0 Å². The molecule has 2 aliphatic rings. The number of rotatable bonds is 5. The Bertz CT molecular complexity index is 801. The Balaban J connectivity index is 1.52. The van der Waals surface area contributed by atoms with Gasteiger partial charge in [0.1, 0.15) is 6.04 Å². The van der Waals surface area contributed by atoms with Gasteiger partial charge in [0.05, 0.1) is 0 Å². The molecule has 1 atom stereocenters. The van der Waals surface area contributed by atoms with Gasteiger partial charge < -0.3 is 4.90 Å². The second-order valence-electron chi connectivity index (χ2n) is 7.90. The zero-order chi connectivity index (χ0) is 18.8. The van der Waals surface area contributed by atoms with Gasteiger partial charge in [-0.25, -0.2) is 0 Å². The molecule has 3 heterocycles. The molecule has 5 nitrogen and oxygen atoms in total. The van der Waals surface area contributed by atoms with E-state index in [-0.39, 0.29) is 11.9 Å². The summed E-state index contributed by atoms with van der Waals surface area (Å²) >= 11 is 0. The summed E-state index contributed by atoms with van der Waals surface area (Å²) in [4.78, 5) is 24.1. The summed E-state index contributed by atoms with van der Waals surface area (Å²) in [6.45, 7) is 4.60. The summed E-state index contributed by atoms with van der Waals surface area (Å²) in [6.07, 6.45) is 5.92. The number of hydrogen-bond acceptors (Lipinski definition) is 4. The summed E-state index contributed by atoms with van der Waals surface area (Å²) < 4.78 is 0. The van der Waals surface area contributed by atoms with Crippen molar-refractivity contribution in [1.82, 2.24) is 19.7 Å². The van der Waals surface area contributed by atoms with E-state index in [1.807, 2.05) is 30.3 Å². The molecule has 1 saturated heterocycles. The lowest BCUT2D eigenvalue weighted by molar-refractivity contribution is -0.136. The summed E-state index contributed by atoms with van der Waals surface area (Å²) in [7, 11) is 4.06. The van der Waals surface area contributed by atoms with E-state index in [0.717, 1.165) is 44.6 Å². The van der Waals surface area contributed by atoms with Crippen LogP contribution in [0.5, 0.6) is 0 Å². The molecule has 27 heavy (non-hydrogen) atoms. The number of likely N-dealkylation sites (N-methyl/N-ethyl adjacent to an activating group) is 1. The van der Waals surface area contributed by atoms with E-state index in [1.54, 1.807) is 6.20 Å². The van der Waals surface area contributed by atoms with Gasteiger partial charge in [0.25, 0.3) is 0 Å². The van der Waals surface area contributed by atoms with E-state index in [9.17, 15) is 4.79 Å². The Morgan fingerprint density at radius 2 is 1.96 bits per heavy atom. The maximum Gasteiger partial charge on any atom is 0.244 e. The quantitative estimate of drug-likeness (QED) is 0.818. The van der Waals surface area contributed by atoms with Gasteiger partial charge in [-0.1, -0.05) is 24.3 Å². The van der Waals surface area contributed by atoms with Crippen molar-refractivity contribution < 1.29 is 4.79 Å². The van der Waals surface area contributed by atoms with Crippen molar-refractivity contribution in [2.45, 2.75) is 38.5 Å². The molecule has 0 spiro atoms. The van der Waals surface area contributed by atoms with Gasteiger partial charge >= 0.3 is 0 Å². The van der Waals surface area contributed by atoms with Crippen LogP contribution in [0.4, 0.5) is 0 Å². The predicted molar refractivity (Wildman–Crippen MR) is 106 cm³/mol. The Hall–Kier alpha value is -2.24. The summed E-state index contributed by atoms with van der Waals surface area (Å²) in [5.41, 5.74) is 4.98. The van der Waals surface area contributed by atoms with Crippen LogP contribution in [0.1, 0.15) is 41.1 Å².